The second kappa shape index (κ2) is 14.4. The van der Waals surface area contributed by atoms with Gasteiger partial charge in [0.05, 0.1) is 6.54 Å². The number of rotatable bonds is 11. The minimum absolute atomic E-state index is 0.126. The number of ether oxygens (including phenoxy) is 6. The highest BCUT2D eigenvalue weighted by molar-refractivity contribution is 7.09. The molecule has 0 spiro atoms. The molecule has 0 saturated carbocycles. The zero-order chi connectivity index (χ0) is 29.6. The van der Waals surface area contributed by atoms with Crippen LogP contribution in [0.1, 0.15) is 18.7 Å². The number of hydrogen-bond donors (Lipinski definition) is 5. The van der Waals surface area contributed by atoms with Gasteiger partial charge in [-0.1, -0.05) is 12.6 Å². The summed E-state index contributed by atoms with van der Waals surface area (Å²) in [6.07, 6.45) is -13.0. The average Bonchev–Trinajstić information content (AvgIpc) is 3.44. The number of carbonyl (C=O) groups is 3. The second-order valence-electron chi connectivity index (χ2n) is 9.38. The van der Waals surface area contributed by atoms with Crippen LogP contribution in [0.4, 0.5) is 0 Å². The molecule has 3 heterocycles. The predicted molar refractivity (Wildman–Crippen MR) is 138 cm³/mol. The van der Waals surface area contributed by atoms with Crippen molar-refractivity contribution in [1.29, 1.82) is 0 Å². The van der Waals surface area contributed by atoms with Gasteiger partial charge in [0.25, 0.3) is 5.91 Å². The number of aliphatic hydroxyl groups excluding tert-OH is 3. The highest BCUT2D eigenvalue weighted by atomic mass is 32.1. The minimum atomic E-state index is -1.72. The Morgan fingerprint density at radius 2 is 1.75 bits per heavy atom. The van der Waals surface area contributed by atoms with Crippen LogP contribution < -0.4 is 10.6 Å². The summed E-state index contributed by atoms with van der Waals surface area (Å²) < 4.78 is 33.1. The summed E-state index contributed by atoms with van der Waals surface area (Å²) in [5.74, 6) is -1.87. The molecule has 2 saturated heterocycles. The fourth-order valence-electron chi connectivity index (χ4n) is 4.35. The smallest absolute Gasteiger partial charge is 0.333 e. The van der Waals surface area contributed by atoms with Crippen LogP contribution in [0.15, 0.2) is 29.7 Å². The van der Waals surface area contributed by atoms with E-state index in [1.807, 2.05) is 17.5 Å². The molecule has 2 aliphatic heterocycles. The molecule has 2 aliphatic rings. The van der Waals surface area contributed by atoms with E-state index in [0.29, 0.717) is 0 Å². The molecular formula is C25H36N2O12S. The molecule has 15 heteroatoms. The fraction of sp³-hybridized carbons (Fsp3) is 0.640. The first-order valence-electron chi connectivity index (χ1n) is 12.4. The quantitative estimate of drug-likeness (QED) is 0.150. The van der Waals surface area contributed by atoms with Crippen LogP contribution in [-0.4, -0.2) is 115 Å². The summed E-state index contributed by atoms with van der Waals surface area (Å²) in [6, 6.07) is 2.52. The maximum Gasteiger partial charge on any atom is 0.333 e. The number of amides is 2. The van der Waals surface area contributed by atoms with Gasteiger partial charge in [-0.2, -0.15) is 0 Å². The molecule has 40 heavy (non-hydrogen) atoms. The van der Waals surface area contributed by atoms with Crippen LogP contribution >= 0.6 is 11.3 Å². The van der Waals surface area contributed by atoms with Gasteiger partial charge >= 0.3 is 5.97 Å². The third kappa shape index (κ3) is 7.63. The van der Waals surface area contributed by atoms with Crippen molar-refractivity contribution in [3.05, 3.63) is 34.5 Å². The first-order valence-corrected chi connectivity index (χ1v) is 13.3. The van der Waals surface area contributed by atoms with Crippen LogP contribution in [0, 0.1) is 0 Å². The summed E-state index contributed by atoms with van der Waals surface area (Å²) in [5.41, 5.74) is 0.126. The third-order valence-corrected chi connectivity index (χ3v) is 7.26. The van der Waals surface area contributed by atoms with E-state index in [2.05, 4.69) is 17.2 Å². The van der Waals surface area contributed by atoms with E-state index in [0.717, 1.165) is 4.88 Å². The molecule has 0 aliphatic carbocycles. The summed E-state index contributed by atoms with van der Waals surface area (Å²) in [7, 11) is 2.54. The Morgan fingerprint density at radius 3 is 2.33 bits per heavy atom. The number of hydrogen-bond acceptors (Lipinski definition) is 13. The third-order valence-electron chi connectivity index (χ3n) is 6.39. The molecule has 2 amide bonds. The first-order chi connectivity index (χ1) is 19.0. The zero-order valence-electron chi connectivity index (χ0n) is 22.6. The molecule has 14 nitrogen and oxygen atoms in total. The van der Waals surface area contributed by atoms with Crippen molar-refractivity contribution in [2.75, 3.05) is 20.8 Å². The van der Waals surface area contributed by atoms with E-state index in [4.69, 9.17) is 28.4 Å². The standard InChI is InChI=1S/C25H36N2O12S/c1-11(2)23(33)36-10-14-16(29)19(15(27-12(3)28)24(35-5)37-14)38-25-18(31)17(30)20(34-4)21(39-25)22(32)26-9-13-7-6-8-40-13/h6-8,14-21,24-25,29-31H,1,9-10H2,2-5H3,(H,26,32)(H,27,28)/t14?,15-,16+,17+,18-,19+,20-,21?,24?,25?/m0/s1. The van der Waals surface area contributed by atoms with Crippen LogP contribution in [0.25, 0.3) is 0 Å². The highest BCUT2D eigenvalue weighted by Gasteiger charge is 2.53. The highest BCUT2D eigenvalue weighted by Crippen LogP contribution is 2.31. The van der Waals surface area contributed by atoms with Gasteiger partial charge in [0.15, 0.2) is 18.7 Å². The largest absolute Gasteiger partial charge is 0.459 e. The Kier molecular flexibility index (Phi) is 11.6. The Morgan fingerprint density at radius 1 is 1.02 bits per heavy atom. The Hall–Kier alpha value is -2.47. The number of carbonyl (C=O) groups excluding carboxylic acids is 3. The Balaban J connectivity index is 1.82. The van der Waals surface area contributed by atoms with E-state index < -0.39 is 85.7 Å². The van der Waals surface area contributed by atoms with Crippen LogP contribution in [-0.2, 0) is 49.3 Å². The average molecular weight is 589 g/mol. The number of aliphatic hydroxyl groups is 3. The molecule has 3 rings (SSSR count). The van der Waals surface area contributed by atoms with Crippen LogP contribution in [0.2, 0.25) is 0 Å². The Bertz CT molecular complexity index is 1020. The maximum atomic E-state index is 13.0. The topological polar surface area (TPSA) is 191 Å². The van der Waals surface area contributed by atoms with Crippen molar-refractivity contribution >= 4 is 29.1 Å². The summed E-state index contributed by atoms with van der Waals surface area (Å²) in [4.78, 5) is 37.8. The van der Waals surface area contributed by atoms with Gasteiger partial charge in [-0.3, -0.25) is 9.59 Å². The number of thiophene rings is 1. The number of methoxy groups -OCH3 is 2. The predicted octanol–water partition coefficient (Wildman–Crippen LogP) is -1.43. The van der Waals surface area contributed by atoms with Gasteiger partial charge in [-0.25, -0.2) is 4.79 Å². The fourth-order valence-corrected chi connectivity index (χ4v) is 5.00. The van der Waals surface area contributed by atoms with Crippen molar-refractivity contribution in [3.63, 3.8) is 0 Å². The Labute approximate surface area is 235 Å². The lowest BCUT2D eigenvalue weighted by Crippen LogP contribution is -2.68. The van der Waals surface area contributed by atoms with Crippen LogP contribution in [0.5, 0.6) is 0 Å². The maximum absolute atomic E-state index is 13.0. The molecule has 1 aromatic heterocycles. The molecule has 0 radical (unpaired) electrons. The molecule has 2 fully saturated rings. The van der Waals surface area contributed by atoms with E-state index in [1.165, 1.54) is 39.4 Å². The molecule has 10 atom stereocenters. The molecule has 4 unspecified atom stereocenters. The molecule has 5 N–H and O–H groups in total. The number of nitrogens with one attached hydrogen (secondary N) is 2. The van der Waals surface area contributed by atoms with Gasteiger partial charge < -0.3 is 54.4 Å². The SMILES string of the molecule is C=C(C)C(=O)OCC1OC(OC)[C@@H](NC(C)=O)[C@@H](OC2OC(C(=O)NCc3cccs3)[C@@H](OC)[C@H](O)[C@@H]2O)[C@@H]1O. The van der Waals surface area contributed by atoms with Gasteiger partial charge in [-0.05, 0) is 18.4 Å². The van der Waals surface area contributed by atoms with Gasteiger partial charge in [0.1, 0.15) is 49.3 Å². The lowest BCUT2D eigenvalue weighted by molar-refractivity contribution is -0.338. The van der Waals surface area contributed by atoms with Crippen LogP contribution in [0.3, 0.4) is 0 Å². The second-order valence-corrected chi connectivity index (χ2v) is 10.4. The number of esters is 1. The molecule has 0 aromatic carbocycles. The van der Waals surface area contributed by atoms with Gasteiger partial charge in [0.2, 0.25) is 5.91 Å². The summed E-state index contributed by atoms with van der Waals surface area (Å²) in [5, 5.41) is 39.9. The van der Waals surface area contributed by atoms with Crippen molar-refractivity contribution in [3.8, 4) is 0 Å². The minimum Gasteiger partial charge on any atom is -0.459 e. The van der Waals surface area contributed by atoms with Gasteiger partial charge in [0, 0.05) is 31.6 Å². The van der Waals surface area contributed by atoms with Crippen molar-refractivity contribution in [2.24, 2.45) is 0 Å². The van der Waals surface area contributed by atoms with Crippen molar-refractivity contribution in [1.82, 2.24) is 10.6 Å². The van der Waals surface area contributed by atoms with E-state index in [-0.39, 0.29) is 12.1 Å². The summed E-state index contributed by atoms with van der Waals surface area (Å²) in [6.45, 7) is 5.95. The van der Waals surface area contributed by atoms with Gasteiger partial charge in [-0.15, -0.1) is 11.3 Å². The van der Waals surface area contributed by atoms with Crippen molar-refractivity contribution < 1.29 is 58.1 Å². The molecule has 1 aromatic rings. The lowest BCUT2D eigenvalue weighted by atomic mass is 9.95. The summed E-state index contributed by atoms with van der Waals surface area (Å²) >= 11 is 1.43. The van der Waals surface area contributed by atoms with E-state index >= 15 is 0 Å². The zero-order valence-corrected chi connectivity index (χ0v) is 23.4. The van der Waals surface area contributed by atoms with E-state index in [9.17, 15) is 29.7 Å². The molecular weight excluding hydrogens is 552 g/mol. The molecule has 224 valence electrons. The van der Waals surface area contributed by atoms with E-state index in [1.54, 1.807) is 0 Å². The molecule has 0 bridgehead atoms. The first kappa shape index (κ1) is 32.0. The van der Waals surface area contributed by atoms with Crippen molar-refractivity contribution in [2.45, 2.75) is 81.7 Å². The monoisotopic (exact) mass is 588 g/mol. The normalized spacial score (nSPS) is 34.1. The lowest BCUT2D eigenvalue weighted by Gasteiger charge is -2.47.